The van der Waals surface area contributed by atoms with Gasteiger partial charge >= 0.3 is 0 Å². The highest BCUT2D eigenvalue weighted by molar-refractivity contribution is 5.99. The second-order valence-electron chi connectivity index (χ2n) is 6.53. The standard InChI is InChI=1S/C20H23N5O2/c1-25-11-3-5-17(25)20(27)24-19-10-9-16(13-22-19)8-7-15-4-2-6-18(21-12-15)23-14-26/h2,6-10,12-14,17H,3-5,11H2,1H3,(H,21,23,26)(H,22,24,27)/b8-7+/t17-/m0/s1. The second kappa shape index (κ2) is 9.05. The van der Waals surface area contributed by atoms with E-state index in [0.717, 1.165) is 36.9 Å². The molecule has 0 unspecified atom stereocenters. The number of nitrogens with one attached hydrogen (secondary N) is 2. The number of pyridine rings is 1. The number of carbonyl (C=O) groups excluding carboxylic acids is 2. The Morgan fingerprint density at radius 1 is 1.33 bits per heavy atom. The number of hydrogen-bond acceptors (Lipinski definition) is 5. The molecular weight excluding hydrogens is 342 g/mol. The van der Waals surface area contributed by atoms with E-state index in [1.165, 1.54) is 0 Å². The van der Waals surface area contributed by atoms with E-state index in [0.29, 0.717) is 18.1 Å². The zero-order valence-electron chi connectivity index (χ0n) is 15.3. The van der Waals surface area contributed by atoms with Crippen molar-refractivity contribution in [3.05, 3.63) is 53.9 Å². The highest BCUT2D eigenvalue weighted by atomic mass is 16.2. The van der Waals surface area contributed by atoms with Gasteiger partial charge in [0, 0.05) is 12.4 Å². The summed E-state index contributed by atoms with van der Waals surface area (Å²) >= 11 is 0. The van der Waals surface area contributed by atoms with Crippen molar-refractivity contribution in [2.75, 3.05) is 18.9 Å². The zero-order valence-corrected chi connectivity index (χ0v) is 15.3. The summed E-state index contributed by atoms with van der Waals surface area (Å²) in [5.41, 5.74) is 1.94. The van der Waals surface area contributed by atoms with Crippen LogP contribution in [0.2, 0.25) is 0 Å². The molecule has 1 aromatic rings. The lowest BCUT2D eigenvalue weighted by molar-refractivity contribution is -0.120. The Morgan fingerprint density at radius 2 is 2.22 bits per heavy atom. The van der Waals surface area contributed by atoms with Gasteiger partial charge in [0.15, 0.2) is 0 Å². The summed E-state index contributed by atoms with van der Waals surface area (Å²) < 4.78 is 0. The molecule has 7 nitrogen and oxygen atoms in total. The minimum atomic E-state index is -0.0687. The number of allylic oxidation sites excluding steroid dienone is 3. The molecule has 0 aliphatic carbocycles. The Balaban J connectivity index is 1.59. The highest BCUT2D eigenvalue weighted by Crippen LogP contribution is 2.17. The van der Waals surface area contributed by atoms with Crippen LogP contribution in [0.4, 0.5) is 5.82 Å². The number of amidine groups is 1. The molecule has 7 heteroatoms. The number of likely N-dealkylation sites (tertiary alicyclic amines) is 1. The van der Waals surface area contributed by atoms with Gasteiger partial charge in [0.05, 0.1) is 6.04 Å². The maximum atomic E-state index is 12.3. The molecule has 1 fully saturated rings. The van der Waals surface area contributed by atoms with Crippen LogP contribution in [0.15, 0.2) is 53.3 Å². The summed E-state index contributed by atoms with van der Waals surface area (Å²) in [5, 5.41) is 5.41. The van der Waals surface area contributed by atoms with Gasteiger partial charge in [0.25, 0.3) is 0 Å². The Labute approximate surface area is 158 Å². The molecule has 2 aliphatic rings. The fourth-order valence-electron chi connectivity index (χ4n) is 3.04. The Hall–Kier alpha value is -3.06. The molecule has 3 rings (SSSR count). The molecule has 0 bridgehead atoms. The molecule has 0 radical (unpaired) electrons. The molecule has 2 N–H and O–H groups in total. The summed E-state index contributed by atoms with van der Waals surface area (Å²) in [6, 6.07) is 3.64. The maximum absolute atomic E-state index is 12.3. The number of likely N-dealkylation sites (N-methyl/N-ethyl adjacent to an activating group) is 1. The highest BCUT2D eigenvalue weighted by Gasteiger charge is 2.27. The predicted molar refractivity (Wildman–Crippen MR) is 106 cm³/mol. The van der Waals surface area contributed by atoms with Gasteiger partial charge in [0.2, 0.25) is 12.3 Å². The SMILES string of the molecule is CN1CCC[C@H]1C(=O)Nc1ccc(/C=C/C2=CN=C(NC=O)C=CC2)cn1. The first kappa shape index (κ1) is 18.7. The van der Waals surface area contributed by atoms with Gasteiger partial charge in [0.1, 0.15) is 11.7 Å². The predicted octanol–water partition coefficient (Wildman–Crippen LogP) is 2.12. The lowest BCUT2D eigenvalue weighted by atomic mass is 10.1. The van der Waals surface area contributed by atoms with E-state index in [-0.39, 0.29) is 11.9 Å². The summed E-state index contributed by atoms with van der Waals surface area (Å²) in [6.07, 6.45) is 14.3. The van der Waals surface area contributed by atoms with Crippen LogP contribution in [0, 0.1) is 0 Å². The third-order valence-electron chi connectivity index (χ3n) is 4.56. The summed E-state index contributed by atoms with van der Waals surface area (Å²) in [5.74, 6) is 1.07. The third-order valence-corrected chi connectivity index (χ3v) is 4.56. The van der Waals surface area contributed by atoms with E-state index >= 15 is 0 Å². The quantitative estimate of drug-likeness (QED) is 0.783. The first-order valence-electron chi connectivity index (χ1n) is 8.94. The van der Waals surface area contributed by atoms with Crippen LogP contribution in [-0.4, -0.2) is 47.7 Å². The largest absolute Gasteiger partial charge is 0.313 e. The van der Waals surface area contributed by atoms with Gasteiger partial charge in [-0.25, -0.2) is 9.98 Å². The maximum Gasteiger partial charge on any atom is 0.242 e. The minimum absolute atomic E-state index is 0.00112. The molecule has 0 spiro atoms. The first-order valence-corrected chi connectivity index (χ1v) is 8.94. The second-order valence-corrected chi connectivity index (χ2v) is 6.53. The number of hydrogen-bond donors (Lipinski definition) is 2. The number of nitrogens with zero attached hydrogens (tertiary/aromatic N) is 3. The van der Waals surface area contributed by atoms with Crippen LogP contribution >= 0.6 is 0 Å². The van der Waals surface area contributed by atoms with Crippen LogP contribution in [0.1, 0.15) is 24.8 Å². The average molecular weight is 365 g/mol. The van der Waals surface area contributed by atoms with Gasteiger partial charge < -0.3 is 10.6 Å². The van der Waals surface area contributed by atoms with E-state index < -0.39 is 0 Å². The molecular formula is C20H23N5O2. The minimum Gasteiger partial charge on any atom is -0.313 e. The number of rotatable bonds is 5. The number of amides is 2. The van der Waals surface area contributed by atoms with Gasteiger partial charge in [-0.05, 0) is 62.2 Å². The monoisotopic (exact) mass is 365 g/mol. The van der Waals surface area contributed by atoms with E-state index in [1.807, 2.05) is 31.3 Å². The van der Waals surface area contributed by atoms with E-state index in [2.05, 4.69) is 25.5 Å². The van der Waals surface area contributed by atoms with Crippen LogP contribution < -0.4 is 10.6 Å². The molecule has 3 heterocycles. The van der Waals surface area contributed by atoms with Gasteiger partial charge in [-0.3, -0.25) is 14.5 Å². The topological polar surface area (TPSA) is 86.7 Å². The Bertz CT molecular complexity index is 808. The molecule has 2 aliphatic heterocycles. The van der Waals surface area contributed by atoms with Crippen molar-refractivity contribution >= 4 is 30.0 Å². The molecule has 1 aromatic heterocycles. The lowest BCUT2D eigenvalue weighted by Gasteiger charge is -2.18. The van der Waals surface area contributed by atoms with Crippen molar-refractivity contribution in [2.45, 2.75) is 25.3 Å². The molecule has 140 valence electrons. The van der Waals surface area contributed by atoms with Gasteiger partial charge in [-0.1, -0.05) is 18.2 Å². The van der Waals surface area contributed by atoms with Gasteiger partial charge in [-0.2, -0.15) is 0 Å². The van der Waals surface area contributed by atoms with Crippen LogP contribution in [-0.2, 0) is 9.59 Å². The van der Waals surface area contributed by atoms with E-state index in [4.69, 9.17) is 0 Å². The van der Waals surface area contributed by atoms with E-state index in [1.54, 1.807) is 24.5 Å². The molecule has 27 heavy (non-hydrogen) atoms. The number of carbonyl (C=O) groups is 2. The smallest absolute Gasteiger partial charge is 0.242 e. The van der Waals surface area contributed by atoms with Crippen molar-refractivity contribution in [3.63, 3.8) is 0 Å². The molecule has 1 saturated heterocycles. The van der Waals surface area contributed by atoms with Crippen molar-refractivity contribution in [3.8, 4) is 0 Å². The molecule has 0 saturated carbocycles. The summed E-state index contributed by atoms with van der Waals surface area (Å²) in [6.45, 7) is 0.955. The van der Waals surface area contributed by atoms with Crippen LogP contribution in [0.3, 0.4) is 0 Å². The number of aromatic nitrogens is 1. The average Bonchev–Trinajstić information content (AvgIpc) is 2.97. The van der Waals surface area contributed by atoms with Crippen LogP contribution in [0.25, 0.3) is 6.08 Å². The summed E-state index contributed by atoms with van der Waals surface area (Å²) in [7, 11) is 1.97. The van der Waals surface area contributed by atoms with Crippen molar-refractivity contribution in [1.82, 2.24) is 15.2 Å². The van der Waals surface area contributed by atoms with E-state index in [9.17, 15) is 9.59 Å². The number of anilines is 1. The molecule has 0 aromatic carbocycles. The fourth-order valence-corrected chi connectivity index (χ4v) is 3.04. The molecule has 2 amide bonds. The Kier molecular flexibility index (Phi) is 6.27. The summed E-state index contributed by atoms with van der Waals surface area (Å²) in [4.78, 5) is 33.4. The van der Waals surface area contributed by atoms with Crippen molar-refractivity contribution < 1.29 is 9.59 Å². The number of aliphatic imine (C=N–C) groups is 1. The van der Waals surface area contributed by atoms with Gasteiger partial charge in [-0.15, -0.1) is 0 Å². The zero-order chi connectivity index (χ0) is 19.1. The van der Waals surface area contributed by atoms with Crippen molar-refractivity contribution in [2.24, 2.45) is 4.99 Å². The fraction of sp³-hybridized carbons (Fsp3) is 0.300. The first-order chi connectivity index (χ1) is 13.2. The lowest BCUT2D eigenvalue weighted by Crippen LogP contribution is -2.37. The van der Waals surface area contributed by atoms with Crippen molar-refractivity contribution in [1.29, 1.82) is 0 Å². The van der Waals surface area contributed by atoms with Crippen LogP contribution in [0.5, 0.6) is 0 Å². The Morgan fingerprint density at radius 3 is 2.93 bits per heavy atom. The molecule has 1 atom stereocenters. The normalized spacial score (nSPS) is 20.1. The third kappa shape index (κ3) is 5.21.